The molecule has 0 atom stereocenters. The average Bonchev–Trinajstić information content (AvgIpc) is 3.20. The van der Waals surface area contributed by atoms with E-state index in [2.05, 4.69) is 23.4 Å². The van der Waals surface area contributed by atoms with Crippen LogP contribution in [0.1, 0.15) is 42.5 Å². The summed E-state index contributed by atoms with van der Waals surface area (Å²) in [4.78, 5) is 10.5. The molecule has 4 rings (SSSR count). The van der Waals surface area contributed by atoms with Crippen molar-refractivity contribution in [2.45, 2.75) is 55.9 Å². The Hall–Kier alpha value is -2.51. The minimum atomic E-state index is 0.235. The van der Waals surface area contributed by atoms with E-state index in [4.69, 9.17) is 37.7 Å². The molecular weight excluding hydrogens is 513 g/mol. The fraction of sp³-hybridized carbons (Fsp3) is 0.286. The second-order valence-corrected chi connectivity index (χ2v) is 10.6. The molecule has 4 aromatic rings. The Kier molecular flexibility index (Phi) is 9.32. The van der Waals surface area contributed by atoms with Crippen molar-refractivity contribution in [1.29, 1.82) is 0 Å². The van der Waals surface area contributed by atoms with Crippen LogP contribution in [-0.4, -0.2) is 21.6 Å². The average molecular weight is 543 g/mol. The first-order valence-corrected chi connectivity index (χ1v) is 13.3. The summed E-state index contributed by atoms with van der Waals surface area (Å²) in [5, 5.41) is 2.29. The molecule has 0 spiro atoms. The van der Waals surface area contributed by atoms with Gasteiger partial charge in [-0.15, -0.1) is 0 Å². The molecule has 2 heterocycles. The van der Waals surface area contributed by atoms with Crippen LogP contribution in [0.15, 0.2) is 76.8 Å². The lowest BCUT2D eigenvalue weighted by molar-refractivity contribution is 0.0987. The first kappa shape index (κ1) is 26.6. The third kappa shape index (κ3) is 7.04. The van der Waals surface area contributed by atoms with Crippen molar-refractivity contribution in [2.24, 2.45) is 0 Å². The minimum Gasteiger partial charge on any atom is -0.497 e. The van der Waals surface area contributed by atoms with Crippen molar-refractivity contribution in [3.05, 3.63) is 99.7 Å². The van der Waals surface area contributed by atoms with E-state index in [0.717, 1.165) is 51.4 Å². The number of imidazole rings is 1. The van der Waals surface area contributed by atoms with Crippen LogP contribution in [0.5, 0.6) is 5.75 Å². The molecule has 0 amide bonds. The molecule has 2 aromatic heterocycles. The van der Waals surface area contributed by atoms with Crippen molar-refractivity contribution >= 4 is 35.0 Å². The quantitative estimate of drug-likeness (QED) is 0.193. The van der Waals surface area contributed by atoms with Crippen molar-refractivity contribution in [2.75, 3.05) is 7.11 Å². The zero-order chi connectivity index (χ0) is 25.5. The van der Waals surface area contributed by atoms with Gasteiger partial charge in [-0.2, -0.15) is 0 Å². The van der Waals surface area contributed by atoms with Gasteiger partial charge in [-0.25, -0.2) is 4.98 Å². The number of hydrogen-bond donors (Lipinski definition) is 0. The molecule has 0 aliphatic heterocycles. The summed E-state index contributed by atoms with van der Waals surface area (Å²) in [6.07, 6.45) is 2.61. The summed E-state index contributed by atoms with van der Waals surface area (Å²) >= 11 is 14.2. The van der Waals surface area contributed by atoms with Gasteiger partial charge in [0.25, 0.3) is 0 Å². The van der Waals surface area contributed by atoms with Crippen molar-refractivity contribution in [3.63, 3.8) is 0 Å². The monoisotopic (exact) mass is 541 g/mol. The van der Waals surface area contributed by atoms with E-state index in [1.807, 2.05) is 60.8 Å². The maximum Gasteiger partial charge on any atom is 0.136 e. The maximum atomic E-state index is 6.29. The maximum absolute atomic E-state index is 6.29. The molecule has 188 valence electrons. The molecule has 0 aliphatic rings. The molecule has 2 aromatic carbocycles. The number of aryl methyl sites for hydroxylation is 1. The van der Waals surface area contributed by atoms with Gasteiger partial charge in [0, 0.05) is 39.8 Å². The number of halogens is 2. The molecule has 0 radical (unpaired) electrons. The van der Waals surface area contributed by atoms with E-state index in [1.54, 1.807) is 24.9 Å². The molecule has 8 heteroatoms. The summed E-state index contributed by atoms with van der Waals surface area (Å²) in [6.45, 7) is 5.92. The Morgan fingerprint density at radius 3 is 2.36 bits per heavy atom. The van der Waals surface area contributed by atoms with E-state index in [9.17, 15) is 0 Å². The summed E-state index contributed by atoms with van der Waals surface area (Å²) in [5.41, 5.74) is 3.14. The summed E-state index contributed by atoms with van der Waals surface area (Å²) in [7, 11) is 1.66. The number of hydrogen-bond acceptors (Lipinski definition) is 5. The van der Waals surface area contributed by atoms with Gasteiger partial charge >= 0.3 is 0 Å². The molecular formula is C28H29Cl2N3O2S. The highest BCUT2D eigenvalue weighted by molar-refractivity contribution is 7.99. The SMILES string of the molecule is COc1ccc(COCc2nc(C(C)C)c(Sc3cc(Cl)cc(Cl)c3)n2CCc2ccccn2)cc1. The summed E-state index contributed by atoms with van der Waals surface area (Å²) in [5.74, 6) is 1.95. The van der Waals surface area contributed by atoms with Crippen LogP contribution >= 0.6 is 35.0 Å². The minimum absolute atomic E-state index is 0.235. The Balaban J connectivity index is 1.61. The molecule has 5 nitrogen and oxygen atoms in total. The predicted molar refractivity (Wildman–Crippen MR) is 146 cm³/mol. The Morgan fingerprint density at radius 1 is 0.972 bits per heavy atom. The smallest absolute Gasteiger partial charge is 0.136 e. The molecule has 0 saturated heterocycles. The van der Waals surface area contributed by atoms with E-state index < -0.39 is 0 Å². The first-order valence-electron chi connectivity index (χ1n) is 11.8. The zero-order valence-corrected chi connectivity index (χ0v) is 22.9. The standard InChI is InChI=1S/C28H29Cl2N3O2S/c1-19(2)27-28(36-25-15-21(29)14-22(30)16-25)33(13-11-23-6-4-5-12-31-23)26(32-27)18-35-17-20-7-9-24(34-3)10-8-20/h4-10,12,14-16,19H,11,13,17-18H2,1-3H3. The number of ether oxygens (including phenoxy) is 2. The predicted octanol–water partition coefficient (Wildman–Crippen LogP) is 7.83. The van der Waals surface area contributed by atoms with Crippen LogP contribution in [0.4, 0.5) is 0 Å². The second-order valence-electron chi connectivity index (χ2n) is 8.64. The van der Waals surface area contributed by atoms with Crippen molar-refractivity contribution in [1.82, 2.24) is 14.5 Å². The lowest BCUT2D eigenvalue weighted by atomic mass is 10.1. The van der Waals surface area contributed by atoms with Gasteiger partial charge in [0.05, 0.1) is 19.4 Å². The Labute approximate surface area is 226 Å². The van der Waals surface area contributed by atoms with E-state index in [0.29, 0.717) is 23.3 Å². The zero-order valence-electron chi connectivity index (χ0n) is 20.6. The van der Waals surface area contributed by atoms with Crippen LogP contribution in [0.2, 0.25) is 10.0 Å². The topological polar surface area (TPSA) is 49.2 Å². The van der Waals surface area contributed by atoms with E-state index >= 15 is 0 Å². The molecule has 0 bridgehead atoms. The Bertz CT molecular complexity index is 1260. The van der Waals surface area contributed by atoms with Crippen LogP contribution < -0.4 is 4.74 Å². The molecule has 0 N–H and O–H groups in total. The molecule has 0 unspecified atom stereocenters. The summed E-state index contributed by atoms with van der Waals surface area (Å²) in [6, 6.07) is 19.5. The van der Waals surface area contributed by atoms with E-state index in [1.165, 1.54) is 0 Å². The third-order valence-electron chi connectivity index (χ3n) is 5.60. The van der Waals surface area contributed by atoms with Gasteiger partial charge in [0.2, 0.25) is 0 Å². The van der Waals surface area contributed by atoms with E-state index in [-0.39, 0.29) is 5.92 Å². The number of pyridine rings is 1. The largest absolute Gasteiger partial charge is 0.497 e. The fourth-order valence-electron chi connectivity index (χ4n) is 3.78. The van der Waals surface area contributed by atoms with Gasteiger partial charge < -0.3 is 14.0 Å². The highest BCUT2D eigenvalue weighted by Crippen LogP contribution is 2.37. The highest BCUT2D eigenvalue weighted by Gasteiger charge is 2.21. The number of aromatic nitrogens is 3. The lowest BCUT2D eigenvalue weighted by Crippen LogP contribution is -2.10. The van der Waals surface area contributed by atoms with Crippen LogP contribution in [-0.2, 0) is 30.9 Å². The van der Waals surface area contributed by atoms with Gasteiger partial charge in [0.15, 0.2) is 0 Å². The normalized spacial score (nSPS) is 11.3. The Morgan fingerprint density at radius 2 is 1.72 bits per heavy atom. The highest BCUT2D eigenvalue weighted by atomic mass is 35.5. The molecule has 0 fully saturated rings. The number of nitrogens with zero attached hydrogens (tertiary/aromatic N) is 3. The number of benzene rings is 2. The molecule has 0 aliphatic carbocycles. The fourth-order valence-corrected chi connectivity index (χ4v) is 5.72. The van der Waals surface area contributed by atoms with Crippen LogP contribution in [0, 0.1) is 0 Å². The summed E-state index contributed by atoms with van der Waals surface area (Å²) < 4.78 is 13.6. The van der Waals surface area contributed by atoms with Crippen molar-refractivity contribution < 1.29 is 9.47 Å². The molecule has 0 saturated carbocycles. The number of rotatable bonds is 11. The van der Waals surface area contributed by atoms with Gasteiger partial charge in [-0.1, -0.05) is 67.0 Å². The van der Waals surface area contributed by atoms with Crippen molar-refractivity contribution in [3.8, 4) is 5.75 Å². The van der Waals surface area contributed by atoms with Crippen LogP contribution in [0.3, 0.4) is 0 Å². The van der Waals surface area contributed by atoms with Crippen LogP contribution in [0.25, 0.3) is 0 Å². The van der Waals surface area contributed by atoms with Gasteiger partial charge in [-0.3, -0.25) is 4.98 Å². The van der Waals surface area contributed by atoms with Gasteiger partial charge in [-0.05, 0) is 53.9 Å². The molecule has 36 heavy (non-hydrogen) atoms. The first-order chi connectivity index (χ1) is 17.4. The van der Waals surface area contributed by atoms with Gasteiger partial charge in [0.1, 0.15) is 23.2 Å². The third-order valence-corrected chi connectivity index (χ3v) is 7.13. The second kappa shape index (κ2) is 12.6. The number of methoxy groups -OCH3 is 1. The lowest BCUT2D eigenvalue weighted by Gasteiger charge is -2.14.